The Balaban J connectivity index is 3.47. The number of sulfonamides is 1. The summed E-state index contributed by atoms with van der Waals surface area (Å²) in [6, 6.07) is 3.17. The SMILES string of the molecule is CCN(C)S(=O)(=O)c1cc(Cl)cc(CN)c1C. The molecule has 2 N–H and O–H groups in total. The van der Waals surface area contributed by atoms with Crippen LogP contribution in [-0.4, -0.2) is 26.3 Å². The molecule has 1 aromatic carbocycles. The predicted octanol–water partition coefficient (Wildman–Crippen LogP) is 1.75. The minimum absolute atomic E-state index is 0.231. The summed E-state index contributed by atoms with van der Waals surface area (Å²) in [6.45, 7) is 4.20. The van der Waals surface area contributed by atoms with Crippen molar-refractivity contribution in [1.82, 2.24) is 4.31 Å². The van der Waals surface area contributed by atoms with Crippen LogP contribution < -0.4 is 5.73 Å². The molecule has 6 heteroatoms. The average Bonchev–Trinajstić information content (AvgIpc) is 2.30. The first-order chi connectivity index (χ1) is 7.84. The Morgan fingerprint density at radius 3 is 2.47 bits per heavy atom. The third-order valence-electron chi connectivity index (χ3n) is 2.79. The highest BCUT2D eigenvalue weighted by molar-refractivity contribution is 7.89. The highest BCUT2D eigenvalue weighted by atomic mass is 35.5. The quantitative estimate of drug-likeness (QED) is 0.911. The van der Waals surface area contributed by atoms with Gasteiger partial charge < -0.3 is 5.73 Å². The second kappa shape index (κ2) is 5.35. The molecule has 0 atom stereocenters. The fourth-order valence-electron chi connectivity index (χ4n) is 1.53. The molecule has 0 unspecified atom stereocenters. The minimum Gasteiger partial charge on any atom is -0.326 e. The number of benzene rings is 1. The fraction of sp³-hybridized carbons (Fsp3) is 0.455. The number of halogens is 1. The Morgan fingerprint density at radius 2 is 2.00 bits per heavy atom. The lowest BCUT2D eigenvalue weighted by molar-refractivity contribution is 0.485. The third kappa shape index (κ3) is 2.80. The second-order valence-electron chi connectivity index (χ2n) is 3.81. The molecule has 0 heterocycles. The first-order valence-electron chi connectivity index (χ1n) is 5.30. The lowest BCUT2D eigenvalue weighted by atomic mass is 10.1. The highest BCUT2D eigenvalue weighted by Crippen LogP contribution is 2.26. The van der Waals surface area contributed by atoms with Crippen molar-refractivity contribution in [1.29, 1.82) is 0 Å². The van der Waals surface area contributed by atoms with Gasteiger partial charge in [-0.05, 0) is 30.2 Å². The van der Waals surface area contributed by atoms with Crippen LogP contribution in [0.1, 0.15) is 18.1 Å². The van der Waals surface area contributed by atoms with Crippen LogP contribution in [-0.2, 0) is 16.6 Å². The van der Waals surface area contributed by atoms with E-state index in [0.29, 0.717) is 17.1 Å². The monoisotopic (exact) mass is 276 g/mol. The molecular weight excluding hydrogens is 260 g/mol. The first kappa shape index (κ1) is 14.4. The molecule has 1 aromatic rings. The van der Waals surface area contributed by atoms with Gasteiger partial charge in [0.05, 0.1) is 4.90 Å². The molecule has 0 fully saturated rings. The molecule has 0 radical (unpaired) electrons. The van der Waals surface area contributed by atoms with Gasteiger partial charge in [0.25, 0.3) is 0 Å². The van der Waals surface area contributed by atoms with Crippen LogP contribution in [0.4, 0.5) is 0 Å². The largest absolute Gasteiger partial charge is 0.326 e. The molecule has 0 spiro atoms. The van der Waals surface area contributed by atoms with Gasteiger partial charge in [-0.3, -0.25) is 0 Å². The maximum atomic E-state index is 12.2. The van der Waals surface area contributed by atoms with Crippen molar-refractivity contribution in [3.8, 4) is 0 Å². The molecule has 0 saturated heterocycles. The summed E-state index contributed by atoms with van der Waals surface area (Å²) in [5.41, 5.74) is 6.99. The van der Waals surface area contributed by atoms with Crippen molar-refractivity contribution in [2.45, 2.75) is 25.3 Å². The Hall–Kier alpha value is -0.620. The summed E-state index contributed by atoms with van der Waals surface area (Å²) < 4.78 is 25.7. The second-order valence-corrected chi connectivity index (χ2v) is 6.26. The van der Waals surface area contributed by atoms with E-state index in [1.54, 1.807) is 19.9 Å². The first-order valence-corrected chi connectivity index (χ1v) is 7.11. The van der Waals surface area contributed by atoms with Crippen LogP contribution in [0, 0.1) is 6.92 Å². The molecule has 0 aliphatic carbocycles. The smallest absolute Gasteiger partial charge is 0.243 e. The Kier molecular flexibility index (Phi) is 4.55. The van der Waals surface area contributed by atoms with Crippen LogP contribution in [0.5, 0.6) is 0 Å². The van der Waals surface area contributed by atoms with Gasteiger partial charge in [-0.15, -0.1) is 0 Å². The fourth-order valence-corrected chi connectivity index (χ4v) is 3.30. The lowest BCUT2D eigenvalue weighted by Gasteiger charge is -2.18. The van der Waals surface area contributed by atoms with Gasteiger partial charge in [0.15, 0.2) is 0 Å². The lowest BCUT2D eigenvalue weighted by Crippen LogP contribution is -2.27. The van der Waals surface area contributed by atoms with E-state index in [0.717, 1.165) is 5.56 Å². The maximum absolute atomic E-state index is 12.2. The van der Waals surface area contributed by atoms with Crippen molar-refractivity contribution in [3.05, 3.63) is 28.3 Å². The molecule has 1 rings (SSSR count). The minimum atomic E-state index is -3.48. The number of hydrogen-bond acceptors (Lipinski definition) is 3. The summed E-state index contributed by atoms with van der Waals surface area (Å²) in [5, 5.41) is 0.388. The topological polar surface area (TPSA) is 63.4 Å². The van der Waals surface area contributed by atoms with Crippen molar-refractivity contribution in [2.75, 3.05) is 13.6 Å². The Bertz CT molecular complexity index is 514. The van der Waals surface area contributed by atoms with Gasteiger partial charge >= 0.3 is 0 Å². The van der Waals surface area contributed by atoms with Crippen molar-refractivity contribution >= 4 is 21.6 Å². The predicted molar refractivity (Wildman–Crippen MR) is 69.6 cm³/mol. The molecule has 0 aliphatic rings. The Morgan fingerprint density at radius 1 is 1.41 bits per heavy atom. The van der Waals surface area contributed by atoms with Gasteiger partial charge in [-0.25, -0.2) is 12.7 Å². The molecule has 17 heavy (non-hydrogen) atoms. The zero-order chi connectivity index (χ0) is 13.2. The summed E-state index contributed by atoms with van der Waals surface area (Å²) in [5.74, 6) is 0. The van der Waals surface area contributed by atoms with Gasteiger partial charge in [-0.2, -0.15) is 0 Å². The van der Waals surface area contributed by atoms with E-state index in [-0.39, 0.29) is 11.4 Å². The summed E-state index contributed by atoms with van der Waals surface area (Å²) in [4.78, 5) is 0.231. The normalized spacial score (nSPS) is 12.1. The van der Waals surface area contributed by atoms with Crippen LogP contribution in [0.2, 0.25) is 5.02 Å². The summed E-state index contributed by atoms with van der Waals surface area (Å²) in [6.07, 6.45) is 0. The van der Waals surface area contributed by atoms with Gasteiger partial charge in [-0.1, -0.05) is 18.5 Å². The third-order valence-corrected chi connectivity index (χ3v) is 5.06. The van der Waals surface area contributed by atoms with E-state index in [1.165, 1.54) is 17.4 Å². The summed E-state index contributed by atoms with van der Waals surface area (Å²) >= 11 is 5.92. The zero-order valence-electron chi connectivity index (χ0n) is 10.2. The zero-order valence-corrected chi connectivity index (χ0v) is 11.8. The number of hydrogen-bond donors (Lipinski definition) is 1. The van der Waals surface area contributed by atoms with Crippen molar-refractivity contribution in [3.63, 3.8) is 0 Å². The molecule has 0 bridgehead atoms. The molecule has 0 aromatic heterocycles. The van der Waals surface area contributed by atoms with Crippen LogP contribution in [0.15, 0.2) is 17.0 Å². The molecule has 96 valence electrons. The van der Waals surface area contributed by atoms with Crippen LogP contribution in [0.3, 0.4) is 0 Å². The molecular formula is C11H17ClN2O2S. The molecule has 0 amide bonds. The van der Waals surface area contributed by atoms with E-state index >= 15 is 0 Å². The van der Waals surface area contributed by atoms with Crippen molar-refractivity contribution < 1.29 is 8.42 Å². The number of rotatable bonds is 4. The standard InChI is InChI=1S/C11H17ClN2O2S/c1-4-14(3)17(15,16)11-6-10(12)5-9(7-13)8(11)2/h5-6H,4,7,13H2,1-3H3. The number of nitrogens with zero attached hydrogens (tertiary/aromatic N) is 1. The van der Waals surface area contributed by atoms with Crippen LogP contribution >= 0.6 is 11.6 Å². The van der Waals surface area contributed by atoms with E-state index in [4.69, 9.17) is 17.3 Å². The van der Waals surface area contributed by atoms with E-state index in [2.05, 4.69) is 0 Å². The van der Waals surface area contributed by atoms with Gasteiger partial charge in [0.1, 0.15) is 0 Å². The Labute approximate surface area is 107 Å². The number of nitrogens with two attached hydrogens (primary N) is 1. The van der Waals surface area contributed by atoms with Gasteiger partial charge in [0.2, 0.25) is 10.0 Å². The van der Waals surface area contributed by atoms with Crippen molar-refractivity contribution in [2.24, 2.45) is 5.73 Å². The van der Waals surface area contributed by atoms with E-state index < -0.39 is 10.0 Å². The van der Waals surface area contributed by atoms with E-state index in [1.807, 2.05) is 0 Å². The highest BCUT2D eigenvalue weighted by Gasteiger charge is 2.23. The molecule has 4 nitrogen and oxygen atoms in total. The average molecular weight is 277 g/mol. The maximum Gasteiger partial charge on any atom is 0.243 e. The van der Waals surface area contributed by atoms with E-state index in [9.17, 15) is 8.42 Å². The molecule has 0 saturated carbocycles. The van der Waals surface area contributed by atoms with Gasteiger partial charge in [0, 0.05) is 25.2 Å². The summed E-state index contributed by atoms with van der Waals surface area (Å²) in [7, 11) is -1.94. The van der Waals surface area contributed by atoms with Crippen LogP contribution in [0.25, 0.3) is 0 Å². The molecule has 0 aliphatic heterocycles.